The number of hydrogen-bond acceptors (Lipinski definition) is 2. The largest absolute Gasteiger partial charge is 0.320 e. The van der Waals surface area contributed by atoms with E-state index < -0.39 is 5.97 Å². The van der Waals surface area contributed by atoms with Crippen molar-refractivity contribution < 1.29 is 4.39 Å². The summed E-state index contributed by atoms with van der Waals surface area (Å²) in [5, 5.41) is 2.74. The van der Waals surface area contributed by atoms with Crippen LogP contribution in [0.1, 0.15) is 6.92 Å². The van der Waals surface area contributed by atoms with Crippen LogP contribution in [0.3, 0.4) is 0 Å². The molecular formula is C4H7FN2. The zero-order chi connectivity index (χ0) is 5.70. The standard InChI is InChI=1S/C4H7FN2/c1-2-3-4(5)7-6/h2-3H,6H2,1H3/b3-2-,7-4+. The maximum absolute atomic E-state index is 11.7. The average molecular weight is 102 g/mol. The molecule has 0 saturated carbocycles. The summed E-state index contributed by atoms with van der Waals surface area (Å²) in [5.74, 6) is 3.87. The fraction of sp³-hybridized carbons (Fsp3) is 0.250. The molecule has 40 valence electrons. The molecule has 2 nitrogen and oxygen atoms in total. The summed E-state index contributed by atoms with van der Waals surface area (Å²) in [7, 11) is 0. The number of nitrogens with zero attached hydrogens (tertiary/aromatic N) is 1. The van der Waals surface area contributed by atoms with E-state index in [4.69, 9.17) is 0 Å². The molecule has 0 bridgehead atoms. The third kappa shape index (κ3) is 2.96. The molecule has 0 heterocycles. The predicted molar refractivity (Wildman–Crippen MR) is 27.5 cm³/mol. The molecule has 0 aliphatic rings. The van der Waals surface area contributed by atoms with Crippen molar-refractivity contribution in [2.75, 3.05) is 0 Å². The SMILES string of the molecule is C/C=C\C(F)=N/N. The van der Waals surface area contributed by atoms with Gasteiger partial charge in [-0.05, 0) is 13.0 Å². The molecule has 2 N–H and O–H groups in total. The molecule has 0 aliphatic carbocycles. The van der Waals surface area contributed by atoms with Crippen molar-refractivity contribution in [1.29, 1.82) is 0 Å². The molecule has 3 heteroatoms. The number of rotatable bonds is 1. The van der Waals surface area contributed by atoms with Crippen molar-refractivity contribution in [3.63, 3.8) is 0 Å². The maximum Gasteiger partial charge on any atom is 0.229 e. The molecule has 0 fully saturated rings. The van der Waals surface area contributed by atoms with Gasteiger partial charge < -0.3 is 5.84 Å². The van der Waals surface area contributed by atoms with E-state index in [0.29, 0.717) is 0 Å². The first-order chi connectivity index (χ1) is 3.31. The lowest BCUT2D eigenvalue weighted by Crippen LogP contribution is -1.87. The first-order valence-electron chi connectivity index (χ1n) is 1.87. The third-order valence-corrected chi connectivity index (χ3v) is 0.428. The van der Waals surface area contributed by atoms with Crippen molar-refractivity contribution in [1.82, 2.24) is 0 Å². The molecule has 0 aromatic rings. The fourth-order valence-corrected chi connectivity index (χ4v) is 0.181. The first-order valence-corrected chi connectivity index (χ1v) is 1.87. The second-order valence-electron chi connectivity index (χ2n) is 0.952. The Kier molecular flexibility index (Phi) is 2.92. The lowest BCUT2D eigenvalue weighted by Gasteiger charge is -1.75. The second kappa shape index (κ2) is 3.33. The van der Waals surface area contributed by atoms with E-state index in [1.54, 1.807) is 6.92 Å². The van der Waals surface area contributed by atoms with Gasteiger partial charge in [0.1, 0.15) is 0 Å². The van der Waals surface area contributed by atoms with E-state index in [2.05, 4.69) is 10.9 Å². The quantitative estimate of drug-likeness (QED) is 0.297. The molecule has 0 aliphatic heterocycles. The van der Waals surface area contributed by atoms with E-state index in [9.17, 15) is 4.39 Å². The van der Waals surface area contributed by atoms with E-state index in [1.165, 1.54) is 12.2 Å². The van der Waals surface area contributed by atoms with Gasteiger partial charge in [0.05, 0.1) is 0 Å². The van der Waals surface area contributed by atoms with Crippen LogP contribution in [0.4, 0.5) is 4.39 Å². The summed E-state index contributed by atoms with van der Waals surface area (Å²) in [4.78, 5) is 0. The van der Waals surface area contributed by atoms with Gasteiger partial charge in [-0.1, -0.05) is 6.08 Å². The Labute approximate surface area is 41.5 Å². The molecule has 0 aromatic heterocycles. The van der Waals surface area contributed by atoms with Crippen molar-refractivity contribution in [2.45, 2.75) is 6.92 Å². The van der Waals surface area contributed by atoms with Crippen LogP contribution in [0.15, 0.2) is 17.3 Å². The van der Waals surface area contributed by atoms with Gasteiger partial charge in [0.25, 0.3) is 0 Å². The monoisotopic (exact) mass is 102 g/mol. The van der Waals surface area contributed by atoms with E-state index in [1.807, 2.05) is 0 Å². The average Bonchev–Trinajstić information content (AvgIpc) is 1.68. The van der Waals surface area contributed by atoms with Gasteiger partial charge in [0.15, 0.2) is 0 Å². The van der Waals surface area contributed by atoms with Crippen molar-refractivity contribution in [3.05, 3.63) is 12.2 Å². The smallest absolute Gasteiger partial charge is 0.229 e. The van der Waals surface area contributed by atoms with Crippen LogP contribution < -0.4 is 5.84 Å². The molecular weight excluding hydrogens is 95.1 g/mol. The van der Waals surface area contributed by atoms with Gasteiger partial charge in [-0.2, -0.15) is 9.49 Å². The number of halogens is 1. The van der Waals surface area contributed by atoms with Gasteiger partial charge >= 0.3 is 0 Å². The topological polar surface area (TPSA) is 38.4 Å². The van der Waals surface area contributed by atoms with Gasteiger partial charge in [-0.15, -0.1) is 0 Å². The lowest BCUT2D eigenvalue weighted by atomic mass is 10.5. The molecule has 0 saturated heterocycles. The molecule has 0 aromatic carbocycles. The van der Waals surface area contributed by atoms with Crippen LogP contribution in [0.5, 0.6) is 0 Å². The van der Waals surface area contributed by atoms with Crippen molar-refractivity contribution in [2.24, 2.45) is 10.9 Å². The van der Waals surface area contributed by atoms with E-state index in [-0.39, 0.29) is 0 Å². The number of hydrogen-bond donors (Lipinski definition) is 1. The molecule has 7 heavy (non-hydrogen) atoms. The molecule has 0 unspecified atom stereocenters. The van der Waals surface area contributed by atoms with E-state index >= 15 is 0 Å². The molecule has 0 rings (SSSR count). The third-order valence-electron chi connectivity index (χ3n) is 0.428. The zero-order valence-corrected chi connectivity index (χ0v) is 4.06. The van der Waals surface area contributed by atoms with Crippen LogP contribution >= 0.6 is 0 Å². The predicted octanol–water partition coefficient (Wildman–Crippen LogP) is 0.804. The second-order valence-corrected chi connectivity index (χ2v) is 0.952. The Morgan fingerprint density at radius 1 is 1.86 bits per heavy atom. The number of allylic oxidation sites excluding steroid dienone is 2. The maximum atomic E-state index is 11.7. The van der Waals surface area contributed by atoms with Gasteiger partial charge in [-0.25, -0.2) is 0 Å². The Morgan fingerprint density at radius 3 is 2.57 bits per heavy atom. The van der Waals surface area contributed by atoms with Crippen LogP contribution in [0.25, 0.3) is 0 Å². The minimum atomic E-state index is -0.650. The number of nitrogens with two attached hydrogens (primary N) is 1. The summed E-state index contributed by atoms with van der Waals surface area (Å²) in [6, 6.07) is 0. The normalized spacial score (nSPS) is 13.1. The molecule has 0 atom stereocenters. The Bertz CT molecular complexity index is 95.9. The zero-order valence-electron chi connectivity index (χ0n) is 4.06. The van der Waals surface area contributed by atoms with Crippen LogP contribution in [0, 0.1) is 0 Å². The summed E-state index contributed by atoms with van der Waals surface area (Å²) >= 11 is 0. The highest BCUT2D eigenvalue weighted by Gasteiger charge is 1.79. The Morgan fingerprint density at radius 2 is 2.43 bits per heavy atom. The van der Waals surface area contributed by atoms with Crippen LogP contribution in [-0.4, -0.2) is 5.97 Å². The summed E-state index contributed by atoms with van der Waals surface area (Å²) in [6.07, 6.45) is 2.70. The summed E-state index contributed by atoms with van der Waals surface area (Å²) in [6.45, 7) is 1.69. The van der Waals surface area contributed by atoms with Gasteiger partial charge in [0.2, 0.25) is 5.97 Å². The van der Waals surface area contributed by atoms with Crippen molar-refractivity contribution in [3.8, 4) is 0 Å². The van der Waals surface area contributed by atoms with E-state index in [0.717, 1.165) is 0 Å². The highest BCUT2D eigenvalue weighted by atomic mass is 19.1. The molecule has 0 radical (unpaired) electrons. The first kappa shape index (κ1) is 6.14. The van der Waals surface area contributed by atoms with Gasteiger partial charge in [-0.3, -0.25) is 0 Å². The summed E-state index contributed by atoms with van der Waals surface area (Å²) < 4.78 is 11.7. The lowest BCUT2D eigenvalue weighted by molar-refractivity contribution is 0.803. The minimum absolute atomic E-state index is 0.650. The van der Waals surface area contributed by atoms with Crippen LogP contribution in [0.2, 0.25) is 0 Å². The van der Waals surface area contributed by atoms with Crippen molar-refractivity contribution >= 4 is 5.97 Å². The Hall–Kier alpha value is -0.860. The van der Waals surface area contributed by atoms with Crippen LogP contribution in [-0.2, 0) is 0 Å². The van der Waals surface area contributed by atoms with Gasteiger partial charge in [0, 0.05) is 0 Å². The molecule has 0 amide bonds. The minimum Gasteiger partial charge on any atom is -0.320 e. The highest BCUT2D eigenvalue weighted by Crippen LogP contribution is 1.77. The fourth-order valence-electron chi connectivity index (χ4n) is 0.181. The molecule has 0 spiro atoms. The summed E-state index contributed by atoms with van der Waals surface area (Å²) in [5.41, 5.74) is 0. The number of hydrazone groups is 1. The Balaban J connectivity index is 3.58. The highest BCUT2D eigenvalue weighted by molar-refractivity contribution is 5.85.